The van der Waals surface area contributed by atoms with Crippen LogP contribution in [-0.2, 0) is 16.6 Å². The second-order valence-corrected chi connectivity index (χ2v) is 5.60. The van der Waals surface area contributed by atoms with Gasteiger partial charge in [-0.25, -0.2) is 18.1 Å². The molecule has 19 heavy (non-hydrogen) atoms. The van der Waals surface area contributed by atoms with Crippen molar-refractivity contribution in [2.75, 3.05) is 0 Å². The fourth-order valence-corrected chi connectivity index (χ4v) is 2.42. The van der Waals surface area contributed by atoms with Gasteiger partial charge in [0, 0.05) is 5.56 Å². The van der Waals surface area contributed by atoms with E-state index in [1.165, 1.54) is 37.5 Å². The van der Waals surface area contributed by atoms with E-state index < -0.39 is 10.0 Å². The lowest BCUT2D eigenvalue weighted by Gasteiger charge is -2.05. The lowest BCUT2D eigenvalue weighted by molar-refractivity contribution is 0.101. The van der Waals surface area contributed by atoms with Crippen LogP contribution in [0.1, 0.15) is 23.1 Å². The van der Waals surface area contributed by atoms with Crippen LogP contribution >= 0.6 is 0 Å². The molecule has 0 saturated heterocycles. The maximum Gasteiger partial charge on any atom is 0.240 e. The number of H-pyrrole nitrogens is 1. The van der Waals surface area contributed by atoms with Crippen LogP contribution in [0.3, 0.4) is 0 Å². The van der Waals surface area contributed by atoms with Crippen molar-refractivity contribution in [3.8, 4) is 0 Å². The van der Waals surface area contributed by atoms with Crippen molar-refractivity contribution in [3.05, 3.63) is 42.0 Å². The van der Waals surface area contributed by atoms with Crippen molar-refractivity contribution < 1.29 is 13.2 Å². The van der Waals surface area contributed by atoms with Gasteiger partial charge in [-0.3, -0.25) is 9.89 Å². The van der Waals surface area contributed by atoms with E-state index in [9.17, 15) is 13.2 Å². The molecule has 0 aliphatic carbocycles. The quantitative estimate of drug-likeness (QED) is 0.775. The number of Topliss-reactive ketones (excluding diaryl/α,β-unsaturated/α-hetero) is 1. The molecule has 0 aliphatic rings. The summed E-state index contributed by atoms with van der Waals surface area (Å²) < 4.78 is 26.3. The van der Waals surface area contributed by atoms with Crippen LogP contribution in [-0.4, -0.2) is 29.4 Å². The van der Waals surface area contributed by atoms with Gasteiger partial charge < -0.3 is 0 Å². The number of hydrogen-bond acceptors (Lipinski definition) is 5. The summed E-state index contributed by atoms with van der Waals surface area (Å²) in [6.45, 7) is 1.45. The summed E-state index contributed by atoms with van der Waals surface area (Å²) in [6.07, 6.45) is 1.30. The highest BCUT2D eigenvalue weighted by atomic mass is 32.2. The average molecular weight is 280 g/mol. The Kier molecular flexibility index (Phi) is 3.72. The third-order valence-corrected chi connectivity index (χ3v) is 3.88. The van der Waals surface area contributed by atoms with Crippen molar-refractivity contribution in [1.82, 2.24) is 19.9 Å². The molecule has 1 aromatic carbocycles. The minimum Gasteiger partial charge on any atom is -0.295 e. The summed E-state index contributed by atoms with van der Waals surface area (Å²) in [7, 11) is -3.63. The molecule has 0 atom stereocenters. The van der Waals surface area contributed by atoms with Crippen molar-refractivity contribution in [3.63, 3.8) is 0 Å². The minimum absolute atomic E-state index is 0.0246. The fourth-order valence-electron chi connectivity index (χ4n) is 1.43. The van der Waals surface area contributed by atoms with E-state index in [1.807, 2.05) is 0 Å². The maximum absolute atomic E-state index is 12.0. The minimum atomic E-state index is -3.63. The van der Waals surface area contributed by atoms with Gasteiger partial charge in [0.25, 0.3) is 0 Å². The third-order valence-electron chi connectivity index (χ3n) is 2.47. The Balaban J connectivity index is 2.13. The lowest BCUT2D eigenvalue weighted by Crippen LogP contribution is -2.23. The molecule has 0 unspecified atom stereocenters. The van der Waals surface area contributed by atoms with Crippen molar-refractivity contribution >= 4 is 15.8 Å². The van der Waals surface area contributed by atoms with Crippen LogP contribution in [0, 0.1) is 0 Å². The van der Waals surface area contributed by atoms with Gasteiger partial charge in [-0.05, 0) is 19.1 Å². The first-order chi connectivity index (χ1) is 8.99. The van der Waals surface area contributed by atoms with Gasteiger partial charge in [-0.2, -0.15) is 5.10 Å². The zero-order valence-corrected chi connectivity index (χ0v) is 10.9. The molecule has 7 nitrogen and oxygen atoms in total. The smallest absolute Gasteiger partial charge is 0.240 e. The van der Waals surface area contributed by atoms with E-state index >= 15 is 0 Å². The molecule has 0 radical (unpaired) electrons. The number of hydrogen-bond donors (Lipinski definition) is 2. The molecule has 2 aromatic rings. The van der Waals surface area contributed by atoms with Gasteiger partial charge >= 0.3 is 0 Å². The second kappa shape index (κ2) is 5.29. The summed E-state index contributed by atoms with van der Waals surface area (Å²) in [5, 5.41) is 6.17. The van der Waals surface area contributed by atoms with Gasteiger partial charge in [0.1, 0.15) is 12.2 Å². The number of ketones is 1. The number of nitrogens with zero attached hydrogens (tertiary/aromatic N) is 2. The Bertz CT molecular complexity index is 662. The molecule has 0 spiro atoms. The number of carbonyl (C=O) groups is 1. The highest BCUT2D eigenvalue weighted by Gasteiger charge is 2.14. The maximum atomic E-state index is 12.0. The van der Waals surface area contributed by atoms with Crippen LogP contribution in [0.15, 0.2) is 35.5 Å². The summed E-state index contributed by atoms with van der Waals surface area (Å²) >= 11 is 0. The Morgan fingerprint density at radius 2 is 2.00 bits per heavy atom. The number of carbonyl (C=O) groups excluding carboxylic acids is 1. The highest BCUT2D eigenvalue weighted by Crippen LogP contribution is 2.11. The van der Waals surface area contributed by atoms with Crippen LogP contribution in [0.2, 0.25) is 0 Å². The number of aromatic amines is 1. The molecule has 100 valence electrons. The molecule has 0 saturated carbocycles. The molecule has 1 heterocycles. The molecular weight excluding hydrogens is 268 g/mol. The first-order valence-electron chi connectivity index (χ1n) is 5.44. The fraction of sp³-hybridized carbons (Fsp3) is 0.182. The van der Waals surface area contributed by atoms with Gasteiger partial charge in [-0.1, -0.05) is 12.1 Å². The summed E-state index contributed by atoms with van der Waals surface area (Å²) in [6, 6.07) is 5.73. The molecule has 0 aliphatic heterocycles. The van der Waals surface area contributed by atoms with Crippen LogP contribution in [0.4, 0.5) is 0 Å². The standard InChI is InChI=1S/C11H12N4O3S/c1-8(16)9-2-4-10(5-3-9)19(17,18)14-6-11-12-7-13-15-11/h2-5,7,14H,6H2,1H3,(H,12,13,15). The first kappa shape index (κ1) is 13.4. The molecule has 0 fully saturated rings. The van der Waals surface area contributed by atoms with Crippen molar-refractivity contribution in [2.45, 2.75) is 18.4 Å². The lowest BCUT2D eigenvalue weighted by atomic mass is 10.2. The van der Waals surface area contributed by atoms with Crippen LogP contribution in [0.25, 0.3) is 0 Å². The normalized spacial score (nSPS) is 11.4. The number of sulfonamides is 1. The van der Waals surface area contributed by atoms with Crippen molar-refractivity contribution in [1.29, 1.82) is 0 Å². The summed E-state index contributed by atoms with van der Waals surface area (Å²) in [5.74, 6) is 0.308. The largest absolute Gasteiger partial charge is 0.295 e. The highest BCUT2D eigenvalue weighted by molar-refractivity contribution is 7.89. The third kappa shape index (κ3) is 3.24. The van der Waals surface area contributed by atoms with E-state index in [1.54, 1.807) is 0 Å². The molecular formula is C11H12N4O3S. The number of aromatic nitrogens is 3. The Morgan fingerprint density at radius 1 is 1.32 bits per heavy atom. The molecule has 0 amide bonds. The van der Waals surface area contributed by atoms with Gasteiger partial charge in [-0.15, -0.1) is 0 Å². The number of nitrogens with one attached hydrogen (secondary N) is 2. The molecule has 2 rings (SSSR count). The van der Waals surface area contributed by atoms with Crippen LogP contribution in [0.5, 0.6) is 0 Å². The first-order valence-corrected chi connectivity index (χ1v) is 6.92. The SMILES string of the molecule is CC(=O)c1ccc(S(=O)(=O)NCc2ncn[nH]2)cc1. The average Bonchev–Trinajstić information content (AvgIpc) is 2.90. The van der Waals surface area contributed by atoms with E-state index in [2.05, 4.69) is 19.9 Å². The molecule has 0 bridgehead atoms. The summed E-state index contributed by atoms with van der Waals surface area (Å²) in [5.41, 5.74) is 0.467. The monoisotopic (exact) mass is 280 g/mol. The zero-order valence-electron chi connectivity index (χ0n) is 10.1. The van der Waals surface area contributed by atoms with Gasteiger partial charge in [0.05, 0.1) is 11.4 Å². The molecule has 1 aromatic heterocycles. The van der Waals surface area contributed by atoms with E-state index in [0.29, 0.717) is 11.4 Å². The topological polar surface area (TPSA) is 105 Å². The Labute approximate surface area is 110 Å². The van der Waals surface area contributed by atoms with E-state index in [4.69, 9.17) is 0 Å². The molecule has 2 N–H and O–H groups in total. The summed E-state index contributed by atoms with van der Waals surface area (Å²) in [4.78, 5) is 15.0. The second-order valence-electron chi connectivity index (χ2n) is 3.84. The van der Waals surface area contributed by atoms with E-state index in [0.717, 1.165) is 0 Å². The van der Waals surface area contributed by atoms with E-state index in [-0.39, 0.29) is 17.2 Å². The molecule has 8 heteroatoms. The van der Waals surface area contributed by atoms with Gasteiger partial charge in [0.15, 0.2) is 5.78 Å². The predicted octanol–water partition coefficient (Wildman–Crippen LogP) is 0.486. The zero-order chi connectivity index (χ0) is 13.9. The number of rotatable bonds is 5. The Morgan fingerprint density at radius 3 is 2.53 bits per heavy atom. The van der Waals surface area contributed by atoms with Crippen LogP contribution < -0.4 is 4.72 Å². The predicted molar refractivity (Wildman–Crippen MR) is 66.9 cm³/mol. The van der Waals surface area contributed by atoms with Crippen molar-refractivity contribution in [2.24, 2.45) is 0 Å². The number of benzene rings is 1. The Hall–Kier alpha value is -2.06. The van der Waals surface area contributed by atoms with Gasteiger partial charge in [0.2, 0.25) is 10.0 Å².